The summed E-state index contributed by atoms with van der Waals surface area (Å²) in [4.78, 5) is 26.2. The van der Waals surface area contributed by atoms with Crippen LogP contribution in [0.2, 0.25) is 0 Å². The van der Waals surface area contributed by atoms with Gasteiger partial charge in [0, 0.05) is 32.0 Å². The van der Waals surface area contributed by atoms with E-state index < -0.39 is 23.4 Å². The van der Waals surface area contributed by atoms with Crippen LogP contribution in [0.4, 0.5) is 19.3 Å². The first-order valence-electron chi connectivity index (χ1n) is 8.57. The molecule has 0 atom stereocenters. The minimum Gasteiger partial charge on any atom is -0.467 e. The average molecular weight is 373 g/mol. The van der Waals surface area contributed by atoms with Crippen molar-refractivity contribution in [2.45, 2.75) is 18.6 Å². The van der Waals surface area contributed by atoms with Gasteiger partial charge >= 0.3 is 6.03 Å². The molecule has 8 heteroatoms. The maximum absolute atomic E-state index is 13.7. The Morgan fingerprint density at radius 2 is 1.89 bits per heavy atom. The summed E-state index contributed by atoms with van der Waals surface area (Å²) in [5, 5.41) is 5.26. The number of urea groups is 1. The van der Waals surface area contributed by atoms with Crippen LogP contribution in [0.25, 0.3) is 0 Å². The molecule has 140 valence electrons. The van der Waals surface area contributed by atoms with Gasteiger partial charge in [-0.25, -0.2) is 13.6 Å². The molecule has 3 amide bonds. The van der Waals surface area contributed by atoms with E-state index in [0.717, 1.165) is 18.2 Å². The van der Waals surface area contributed by atoms with Gasteiger partial charge in [0.2, 0.25) is 0 Å². The van der Waals surface area contributed by atoms with Crippen molar-refractivity contribution in [3.63, 3.8) is 0 Å². The number of rotatable bonds is 1. The van der Waals surface area contributed by atoms with Crippen molar-refractivity contribution in [1.29, 1.82) is 0 Å². The summed E-state index contributed by atoms with van der Waals surface area (Å²) >= 11 is 0. The zero-order chi connectivity index (χ0) is 19.0. The van der Waals surface area contributed by atoms with Crippen molar-refractivity contribution in [1.82, 2.24) is 10.2 Å². The Hall–Kier alpha value is -3.16. The molecule has 0 bridgehead atoms. The number of nitrogens with zero attached hydrogens (tertiary/aromatic N) is 1. The minimum atomic E-state index is -0.869. The zero-order valence-corrected chi connectivity index (χ0v) is 14.3. The van der Waals surface area contributed by atoms with Gasteiger partial charge < -0.3 is 20.3 Å². The van der Waals surface area contributed by atoms with Crippen molar-refractivity contribution in [3.8, 4) is 5.75 Å². The normalized spacial score (nSPS) is 17.7. The number of benzene rings is 2. The quantitative estimate of drug-likeness (QED) is 0.807. The summed E-state index contributed by atoms with van der Waals surface area (Å²) in [6.45, 7) is 0.594. The number of para-hydroxylation sites is 1. The fourth-order valence-electron chi connectivity index (χ4n) is 3.34. The lowest BCUT2D eigenvalue weighted by atomic mass is 9.97. The summed E-state index contributed by atoms with van der Waals surface area (Å²) in [6.07, 6.45) is 0.762. The average Bonchev–Trinajstić information content (AvgIpc) is 2.65. The maximum atomic E-state index is 13.7. The lowest BCUT2D eigenvalue weighted by molar-refractivity contribution is -0.0203. The Bertz CT molecular complexity index is 911. The largest absolute Gasteiger partial charge is 0.467 e. The number of carbonyl (C=O) groups excluding carboxylic acids is 2. The molecule has 2 aromatic carbocycles. The molecule has 4 rings (SSSR count). The van der Waals surface area contributed by atoms with Crippen LogP contribution in [0, 0.1) is 11.6 Å². The van der Waals surface area contributed by atoms with Crippen molar-refractivity contribution in [3.05, 3.63) is 59.7 Å². The van der Waals surface area contributed by atoms with E-state index in [4.69, 9.17) is 4.74 Å². The van der Waals surface area contributed by atoms with Gasteiger partial charge in [0.25, 0.3) is 5.91 Å². The fourth-order valence-corrected chi connectivity index (χ4v) is 3.34. The topological polar surface area (TPSA) is 70.7 Å². The zero-order valence-electron chi connectivity index (χ0n) is 14.3. The molecule has 0 unspecified atom stereocenters. The third kappa shape index (κ3) is 3.30. The Morgan fingerprint density at radius 3 is 2.67 bits per heavy atom. The standard InChI is InChI=1S/C19H17F2N3O3/c20-12-5-6-14(21)15(11-12)22-18(26)24-9-7-19(8-10-24)23-17(25)13-3-1-2-4-16(13)27-19/h1-6,11H,7-10H2,(H,22,26)(H,23,25). The van der Waals surface area contributed by atoms with Crippen molar-refractivity contribution < 1.29 is 23.1 Å². The molecule has 6 nitrogen and oxygen atoms in total. The van der Waals surface area contributed by atoms with Gasteiger partial charge in [-0.2, -0.15) is 0 Å². The second kappa shape index (κ2) is 6.53. The molecule has 0 saturated carbocycles. The van der Waals surface area contributed by atoms with Crippen LogP contribution in [0.3, 0.4) is 0 Å². The monoisotopic (exact) mass is 373 g/mol. The molecule has 0 aliphatic carbocycles. The van der Waals surface area contributed by atoms with Crippen LogP contribution in [0.1, 0.15) is 23.2 Å². The highest BCUT2D eigenvalue weighted by Crippen LogP contribution is 2.33. The van der Waals surface area contributed by atoms with E-state index in [1.165, 1.54) is 4.90 Å². The number of halogens is 2. The Labute approximate surface area is 154 Å². The molecule has 27 heavy (non-hydrogen) atoms. The van der Waals surface area contributed by atoms with E-state index >= 15 is 0 Å². The number of ether oxygens (including phenoxy) is 1. The second-order valence-electron chi connectivity index (χ2n) is 6.59. The van der Waals surface area contributed by atoms with Gasteiger partial charge in [-0.05, 0) is 24.3 Å². The highest BCUT2D eigenvalue weighted by Gasteiger charge is 2.43. The number of carbonyl (C=O) groups is 2. The molecule has 1 fully saturated rings. The van der Waals surface area contributed by atoms with Gasteiger partial charge in [0.05, 0.1) is 11.3 Å². The molecule has 2 aliphatic rings. The van der Waals surface area contributed by atoms with E-state index in [-0.39, 0.29) is 11.6 Å². The molecule has 0 aromatic heterocycles. The predicted octanol–water partition coefficient (Wildman–Crippen LogP) is 3.11. The summed E-state index contributed by atoms with van der Waals surface area (Å²) in [6, 6.07) is 9.32. The number of piperidine rings is 1. The second-order valence-corrected chi connectivity index (χ2v) is 6.59. The van der Waals surface area contributed by atoms with Crippen LogP contribution in [0.15, 0.2) is 42.5 Å². The molecular formula is C19H17F2N3O3. The van der Waals surface area contributed by atoms with Crippen molar-refractivity contribution >= 4 is 17.6 Å². The predicted molar refractivity (Wildman–Crippen MR) is 93.5 cm³/mol. The van der Waals surface area contributed by atoms with Crippen molar-refractivity contribution in [2.75, 3.05) is 18.4 Å². The lowest BCUT2D eigenvalue weighted by Crippen LogP contribution is -2.61. The molecule has 1 saturated heterocycles. The SMILES string of the molecule is O=C1NC2(CCN(C(=O)Nc3cc(F)ccc3F)CC2)Oc2ccccc21. The van der Waals surface area contributed by atoms with Gasteiger partial charge in [-0.3, -0.25) is 4.79 Å². The van der Waals surface area contributed by atoms with Gasteiger partial charge in [-0.1, -0.05) is 12.1 Å². The Kier molecular flexibility index (Phi) is 4.18. The van der Waals surface area contributed by atoms with Crippen LogP contribution >= 0.6 is 0 Å². The van der Waals surface area contributed by atoms with Gasteiger partial charge in [0.15, 0.2) is 5.72 Å². The minimum absolute atomic E-state index is 0.211. The molecular weight excluding hydrogens is 356 g/mol. The van der Waals surface area contributed by atoms with E-state index in [1.54, 1.807) is 24.3 Å². The fraction of sp³-hybridized carbons (Fsp3) is 0.263. The number of fused-ring (bicyclic) bond motifs is 1. The Balaban J connectivity index is 1.43. The Morgan fingerprint density at radius 1 is 1.15 bits per heavy atom. The molecule has 0 radical (unpaired) electrons. The molecule has 2 heterocycles. The third-order valence-corrected chi connectivity index (χ3v) is 4.81. The molecule has 2 N–H and O–H groups in total. The van der Waals surface area contributed by atoms with E-state index in [1.807, 2.05) is 0 Å². The van der Waals surface area contributed by atoms with Gasteiger partial charge in [0.1, 0.15) is 17.4 Å². The van der Waals surface area contributed by atoms with Crippen LogP contribution < -0.4 is 15.4 Å². The summed E-state index contributed by atoms with van der Waals surface area (Å²) in [5.41, 5.74) is -0.604. The van der Waals surface area contributed by atoms with E-state index in [9.17, 15) is 18.4 Å². The van der Waals surface area contributed by atoms with Gasteiger partial charge in [-0.15, -0.1) is 0 Å². The summed E-state index contributed by atoms with van der Waals surface area (Å²) in [5.74, 6) is -1.04. The number of nitrogens with one attached hydrogen (secondary N) is 2. The number of likely N-dealkylation sites (tertiary alicyclic amines) is 1. The summed E-state index contributed by atoms with van der Waals surface area (Å²) in [7, 11) is 0. The first-order chi connectivity index (χ1) is 13.0. The number of anilines is 1. The molecule has 1 spiro atoms. The first-order valence-corrected chi connectivity index (χ1v) is 8.57. The van der Waals surface area contributed by atoms with Crippen molar-refractivity contribution in [2.24, 2.45) is 0 Å². The first kappa shape index (κ1) is 17.3. The highest BCUT2D eigenvalue weighted by molar-refractivity contribution is 5.98. The summed E-state index contributed by atoms with van der Waals surface area (Å²) < 4.78 is 33.0. The number of amides is 3. The lowest BCUT2D eigenvalue weighted by Gasteiger charge is -2.44. The number of hydrogen-bond acceptors (Lipinski definition) is 3. The van der Waals surface area contributed by atoms with Crippen LogP contribution in [0.5, 0.6) is 5.75 Å². The maximum Gasteiger partial charge on any atom is 0.321 e. The smallest absolute Gasteiger partial charge is 0.321 e. The molecule has 2 aliphatic heterocycles. The van der Waals surface area contributed by atoms with Crippen LogP contribution in [-0.4, -0.2) is 35.7 Å². The highest BCUT2D eigenvalue weighted by atomic mass is 19.1. The third-order valence-electron chi connectivity index (χ3n) is 4.81. The van der Waals surface area contributed by atoms with E-state index in [0.29, 0.717) is 37.2 Å². The number of hydrogen-bond donors (Lipinski definition) is 2. The van der Waals surface area contributed by atoms with Crippen LogP contribution in [-0.2, 0) is 0 Å². The molecule has 2 aromatic rings. The van der Waals surface area contributed by atoms with E-state index in [2.05, 4.69) is 10.6 Å².